The fourth-order valence-corrected chi connectivity index (χ4v) is 6.34. The zero-order chi connectivity index (χ0) is 21.7. The van der Waals surface area contributed by atoms with Gasteiger partial charge < -0.3 is 4.80 Å². The molecule has 1 saturated carbocycles. The number of nitrogens with zero attached hydrogens (tertiary/aromatic N) is 1. The van der Waals surface area contributed by atoms with Gasteiger partial charge >= 0.3 is 0 Å². The summed E-state index contributed by atoms with van der Waals surface area (Å²) in [6, 6.07) is 8.51. The van der Waals surface area contributed by atoms with Crippen LogP contribution >= 0.6 is 11.3 Å². The van der Waals surface area contributed by atoms with Crippen LogP contribution in [0.15, 0.2) is 30.3 Å². The Kier molecular flexibility index (Phi) is 5.81. The number of carbonyl (C=O) groups excluding carboxylic acids is 1. The molecule has 1 aliphatic carbocycles. The van der Waals surface area contributed by atoms with Crippen LogP contribution in [0.1, 0.15) is 53.6 Å². The molecule has 0 saturated heterocycles. The number of rotatable bonds is 7. The number of halogens is 1. The van der Waals surface area contributed by atoms with Crippen molar-refractivity contribution in [1.82, 2.24) is 4.90 Å². The second-order valence-electron chi connectivity index (χ2n) is 10.1. The number of benzene rings is 1. The smallest absolute Gasteiger partial charge is 0.188 e. The van der Waals surface area contributed by atoms with Gasteiger partial charge in [-0.25, -0.2) is 4.39 Å². The highest BCUT2D eigenvalue weighted by molar-refractivity contribution is 7.12. The van der Waals surface area contributed by atoms with Gasteiger partial charge in [-0.2, -0.15) is 0 Å². The molecule has 0 bridgehead atoms. The van der Waals surface area contributed by atoms with E-state index in [2.05, 4.69) is 24.8 Å². The molecule has 1 aromatic heterocycles. The minimum Gasteiger partial charge on any atom is -0.432 e. The molecule has 1 aromatic carbocycles. The molecule has 1 fully saturated rings. The van der Waals surface area contributed by atoms with Crippen molar-refractivity contribution in [2.75, 3.05) is 6.54 Å². The van der Waals surface area contributed by atoms with Crippen molar-refractivity contribution in [1.29, 1.82) is 0 Å². The standard InChI is InChI=1S/C24H32FNO2SSi/c1-24(2,30(3,4)28)14-18-13-17-15-26(12-11-21(17)29-18)22(23(27)16-9-10-16)19-7-5-6-8-20(19)25/h5-8,13,16,22,28H,9-12,14-15H2,1-4H3. The van der Waals surface area contributed by atoms with Gasteiger partial charge in [-0.15, -0.1) is 11.3 Å². The van der Waals surface area contributed by atoms with Gasteiger partial charge in [-0.05, 0) is 61.5 Å². The zero-order valence-electron chi connectivity index (χ0n) is 18.4. The summed E-state index contributed by atoms with van der Waals surface area (Å²) in [5.41, 5.74) is 1.78. The second kappa shape index (κ2) is 7.97. The van der Waals surface area contributed by atoms with Crippen LogP contribution in [0.3, 0.4) is 0 Å². The van der Waals surface area contributed by atoms with Crippen molar-refractivity contribution in [3.8, 4) is 0 Å². The Hall–Kier alpha value is -1.34. The van der Waals surface area contributed by atoms with Crippen molar-refractivity contribution in [3.05, 3.63) is 57.0 Å². The SMILES string of the molecule is CC(C)(Cc1cc2c(s1)CCN(C(C(=O)C1CC1)c1ccccc1F)C2)[Si](C)(C)O. The number of thiophene rings is 1. The van der Waals surface area contributed by atoms with Crippen LogP contribution in [0.5, 0.6) is 0 Å². The molecule has 6 heteroatoms. The zero-order valence-corrected chi connectivity index (χ0v) is 20.2. The van der Waals surface area contributed by atoms with Crippen molar-refractivity contribution in [2.45, 2.75) is 70.2 Å². The van der Waals surface area contributed by atoms with E-state index in [1.54, 1.807) is 12.1 Å². The molecule has 0 radical (unpaired) electrons. The predicted molar refractivity (Wildman–Crippen MR) is 123 cm³/mol. The summed E-state index contributed by atoms with van der Waals surface area (Å²) in [7, 11) is -2.27. The number of Topliss-reactive ketones (excluding diaryl/α,β-unsaturated/α-hetero) is 1. The first-order valence-electron chi connectivity index (χ1n) is 10.9. The van der Waals surface area contributed by atoms with E-state index in [9.17, 15) is 14.0 Å². The van der Waals surface area contributed by atoms with E-state index in [0.29, 0.717) is 12.1 Å². The lowest BCUT2D eigenvalue weighted by Gasteiger charge is -2.34. The number of ketones is 1. The fourth-order valence-electron chi connectivity index (χ4n) is 4.19. The molecule has 2 heterocycles. The summed E-state index contributed by atoms with van der Waals surface area (Å²) < 4.78 is 14.6. The maximum Gasteiger partial charge on any atom is 0.188 e. The molecule has 162 valence electrons. The molecule has 1 unspecified atom stereocenters. The topological polar surface area (TPSA) is 40.5 Å². The van der Waals surface area contributed by atoms with E-state index in [1.165, 1.54) is 21.4 Å². The van der Waals surface area contributed by atoms with Crippen LogP contribution in [0, 0.1) is 11.7 Å². The lowest BCUT2D eigenvalue weighted by molar-refractivity contribution is -0.126. The first-order valence-corrected chi connectivity index (χ1v) is 14.7. The van der Waals surface area contributed by atoms with E-state index in [4.69, 9.17) is 0 Å². The summed E-state index contributed by atoms with van der Waals surface area (Å²) in [5, 5.41) is -0.0994. The van der Waals surface area contributed by atoms with E-state index in [1.807, 2.05) is 30.5 Å². The third-order valence-electron chi connectivity index (χ3n) is 7.03. The van der Waals surface area contributed by atoms with Gasteiger partial charge in [0.2, 0.25) is 0 Å². The van der Waals surface area contributed by atoms with Gasteiger partial charge in [0, 0.05) is 34.3 Å². The fraction of sp³-hybridized carbons (Fsp3) is 0.542. The van der Waals surface area contributed by atoms with Gasteiger partial charge in [-0.1, -0.05) is 32.0 Å². The normalized spacial score (nSPS) is 18.9. The van der Waals surface area contributed by atoms with Crippen LogP contribution in [-0.4, -0.2) is 30.3 Å². The van der Waals surface area contributed by atoms with E-state index >= 15 is 0 Å². The van der Waals surface area contributed by atoms with Crippen molar-refractivity contribution >= 4 is 25.4 Å². The predicted octanol–water partition coefficient (Wildman–Crippen LogP) is 5.49. The molecule has 30 heavy (non-hydrogen) atoms. The summed E-state index contributed by atoms with van der Waals surface area (Å²) >= 11 is 1.84. The molecule has 2 aliphatic rings. The largest absolute Gasteiger partial charge is 0.432 e. The van der Waals surface area contributed by atoms with Gasteiger partial charge in [0.25, 0.3) is 0 Å². The molecular formula is C24H32FNO2SSi. The molecule has 4 rings (SSSR count). The maximum absolute atomic E-state index is 14.6. The van der Waals surface area contributed by atoms with Gasteiger partial charge in [0.15, 0.2) is 14.1 Å². The minimum atomic E-state index is -2.27. The summed E-state index contributed by atoms with van der Waals surface area (Å²) in [5.74, 6) is -0.0232. The molecule has 0 spiro atoms. The van der Waals surface area contributed by atoms with Crippen molar-refractivity contribution < 1.29 is 14.0 Å². The van der Waals surface area contributed by atoms with Gasteiger partial charge in [0.1, 0.15) is 5.82 Å². The summed E-state index contributed by atoms with van der Waals surface area (Å²) in [6.45, 7) is 9.78. The van der Waals surface area contributed by atoms with E-state index in [-0.39, 0.29) is 22.6 Å². The third-order valence-corrected chi connectivity index (χ3v) is 11.8. The lowest BCUT2D eigenvalue weighted by Crippen LogP contribution is -2.40. The van der Waals surface area contributed by atoms with E-state index < -0.39 is 14.4 Å². The van der Waals surface area contributed by atoms with Crippen LogP contribution in [0.2, 0.25) is 18.1 Å². The summed E-state index contributed by atoms with van der Waals surface area (Å²) in [6.07, 6.45) is 3.63. The minimum absolute atomic E-state index is 0.0894. The van der Waals surface area contributed by atoms with E-state index in [0.717, 1.165) is 32.2 Å². The Morgan fingerprint density at radius 2 is 2.03 bits per heavy atom. The Labute approximate surface area is 184 Å². The van der Waals surface area contributed by atoms with Crippen LogP contribution in [0.25, 0.3) is 0 Å². The highest BCUT2D eigenvalue weighted by Crippen LogP contribution is 2.43. The quantitative estimate of drug-likeness (QED) is 0.573. The van der Waals surface area contributed by atoms with Gasteiger partial charge in [-0.3, -0.25) is 9.69 Å². The van der Waals surface area contributed by atoms with Crippen LogP contribution in [-0.2, 0) is 24.2 Å². The first-order chi connectivity index (χ1) is 14.1. The molecule has 1 atom stereocenters. The highest BCUT2D eigenvalue weighted by Gasteiger charge is 2.41. The Morgan fingerprint density at radius 3 is 2.67 bits per heavy atom. The Bertz CT molecular complexity index is 945. The van der Waals surface area contributed by atoms with Gasteiger partial charge in [0.05, 0.1) is 6.04 Å². The highest BCUT2D eigenvalue weighted by atomic mass is 32.1. The number of carbonyl (C=O) groups is 1. The van der Waals surface area contributed by atoms with Crippen molar-refractivity contribution in [3.63, 3.8) is 0 Å². The number of fused-ring (bicyclic) bond motifs is 1. The maximum atomic E-state index is 14.6. The van der Waals surface area contributed by atoms with Crippen molar-refractivity contribution in [2.24, 2.45) is 5.92 Å². The molecule has 3 nitrogen and oxygen atoms in total. The second-order valence-corrected chi connectivity index (χ2v) is 15.8. The lowest BCUT2D eigenvalue weighted by atomic mass is 9.95. The first kappa shape index (κ1) is 21.9. The average Bonchev–Trinajstić information content (AvgIpc) is 3.43. The number of hydrogen-bond acceptors (Lipinski definition) is 4. The average molecular weight is 446 g/mol. The van der Waals surface area contributed by atoms with Crippen LogP contribution < -0.4 is 0 Å². The Balaban J connectivity index is 1.58. The number of hydrogen-bond donors (Lipinski definition) is 1. The molecule has 1 N–H and O–H groups in total. The molecule has 0 amide bonds. The molecule has 1 aliphatic heterocycles. The third kappa shape index (κ3) is 4.33. The monoisotopic (exact) mass is 445 g/mol. The Morgan fingerprint density at radius 1 is 1.33 bits per heavy atom. The molecular weight excluding hydrogens is 413 g/mol. The molecule has 2 aromatic rings. The van der Waals surface area contributed by atoms with Crippen LogP contribution in [0.4, 0.5) is 4.39 Å². The summed E-state index contributed by atoms with van der Waals surface area (Å²) in [4.78, 5) is 28.7.